The Morgan fingerprint density at radius 1 is 0.853 bits per heavy atom. The summed E-state index contributed by atoms with van der Waals surface area (Å²) >= 11 is 0. The van der Waals surface area contributed by atoms with E-state index in [1.807, 2.05) is 18.2 Å². The first-order chi connectivity index (χ1) is 16.3. The van der Waals surface area contributed by atoms with Crippen LogP contribution in [0.4, 0.5) is 17.6 Å². The van der Waals surface area contributed by atoms with Gasteiger partial charge in [-0.3, -0.25) is 0 Å². The van der Waals surface area contributed by atoms with Gasteiger partial charge in [0, 0.05) is 6.07 Å². The Bertz CT molecular complexity index is 1130. The van der Waals surface area contributed by atoms with Crippen molar-refractivity contribution >= 4 is 5.97 Å². The predicted octanol–water partition coefficient (Wildman–Crippen LogP) is 7.93. The van der Waals surface area contributed by atoms with Crippen LogP contribution in [-0.4, -0.2) is 5.97 Å². The van der Waals surface area contributed by atoms with Crippen molar-refractivity contribution in [2.75, 3.05) is 0 Å². The van der Waals surface area contributed by atoms with Gasteiger partial charge >= 0.3 is 5.97 Å². The lowest BCUT2D eigenvalue weighted by molar-refractivity contribution is 0.0724. The molecule has 1 aliphatic rings. The average molecular weight is 471 g/mol. The quantitative estimate of drug-likeness (QED) is 0.208. The zero-order chi connectivity index (χ0) is 24.2. The van der Waals surface area contributed by atoms with Crippen LogP contribution in [0, 0.1) is 29.2 Å². The molecular formula is C28H26F4O2. The van der Waals surface area contributed by atoms with Gasteiger partial charge in [0.05, 0.1) is 0 Å². The second kappa shape index (κ2) is 10.4. The van der Waals surface area contributed by atoms with E-state index < -0.39 is 34.8 Å². The third-order valence-electron chi connectivity index (χ3n) is 6.74. The largest absolute Gasteiger partial charge is 0.423 e. The highest BCUT2D eigenvalue weighted by molar-refractivity contribution is 5.91. The first kappa shape index (κ1) is 24.0. The van der Waals surface area contributed by atoms with E-state index in [0.29, 0.717) is 23.5 Å². The molecule has 0 amide bonds. The van der Waals surface area contributed by atoms with E-state index in [2.05, 4.69) is 19.1 Å². The number of benzene rings is 3. The van der Waals surface area contributed by atoms with Crippen molar-refractivity contribution in [3.8, 4) is 5.75 Å². The number of ether oxygens (including phenoxy) is 1. The molecule has 0 aliphatic heterocycles. The minimum absolute atomic E-state index is 0.0172. The second-order valence-electron chi connectivity index (χ2n) is 9.09. The van der Waals surface area contributed by atoms with Gasteiger partial charge in [-0.15, -0.1) is 0 Å². The van der Waals surface area contributed by atoms with Crippen LogP contribution < -0.4 is 4.74 Å². The summed E-state index contributed by atoms with van der Waals surface area (Å²) < 4.78 is 60.6. The predicted molar refractivity (Wildman–Crippen MR) is 122 cm³/mol. The lowest BCUT2D eigenvalue weighted by atomic mass is 9.75. The normalized spacial score (nSPS) is 19.0. The fourth-order valence-electron chi connectivity index (χ4n) is 4.87. The van der Waals surface area contributed by atoms with Crippen molar-refractivity contribution in [1.29, 1.82) is 0 Å². The van der Waals surface area contributed by atoms with Crippen LogP contribution in [-0.2, 0) is 0 Å². The van der Waals surface area contributed by atoms with Gasteiger partial charge in [0.1, 0.15) is 22.9 Å². The van der Waals surface area contributed by atoms with E-state index in [1.165, 1.54) is 17.7 Å². The Morgan fingerprint density at radius 2 is 1.50 bits per heavy atom. The zero-order valence-corrected chi connectivity index (χ0v) is 18.9. The van der Waals surface area contributed by atoms with E-state index >= 15 is 0 Å². The molecule has 3 aromatic rings. The molecule has 1 fully saturated rings. The maximum absolute atomic E-state index is 14.7. The van der Waals surface area contributed by atoms with Crippen LogP contribution in [0.25, 0.3) is 0 Å². The fraction of sp³-hybridized carbons (Fsp3) is 0.321. The molecule has 0 heterocycles. The number of halogens is 4. The van der Waals surface area contributed by atoms with Gasteiger partial charge in [0.15, 0.2) is 11.6 Å². The molecule has 0 bridgehead atoms. The Balaban J connectivity index is 1.39. The molecule has 0 aromatic heterocycles. The summed E-state index contributed by atoms with van der Waals surface area (Å²) in [5.74, 6) is -5.00. The summed E-state index contributed by atoms with van der Waals surface area (Å²) in [5.41, 5.74) is 0.993. The van der Waals surface area contributed by atoms with Gasteiger partial charge < -0.3 is 4.74 Å². The number of carbonyl (C=O) groups is 1. The topological polar surface area (TPSA) is 26.3 Å². The molecule has 34 heavy (non-hydrogen) atoms. The summed E-state index contributed by atoms with van der Waals surface area (Å²) in [6.45, 7) is 2.23. The molecule has 1 atom stereocenters. The highest BCUT2D eigenvalue weighted by Gasteiger charge is 2.27. The van der Waals surface area contributed by atoms with Crippen LogP contribution in [0.1, 0.15) is 72.3 Å². The van der Waals surface area contributed by atoms with Crippen molar-refractivity contribution < 1.29 is 27.1 Å². The SMILES string of the molecule is C[C@@H](CC1CCC(c2cc(F)c(C(=O)Oc3ccc(F)c(F)c3)c(F)c2)CC1)c1ccccc1. The molecular weight excluding hydrogens is 444 g/mol. The zero-order valence-electron chi connectivity index (χ0n) is 18.9. The molecule has 0 saturated heterocycles. The van der Waals surface area contributed by atoms with Gasteiger partial charge in [0.2, 0.25) is 0 Å². The molecule has 0 spiro atoms. The number of carbonyl (C=O) groups excluding carboxylic acids is 1. The fourth-order valence-corrected chi connectivity index (χ4v) is 4.87. The van der Waals surface area contributed by atoms with Gasteiger partial charge in [-0.25, -0.2) is 22.4 Å². The summed E-state index contributed by atoms with van der Waals surface area (Å²) in [6, 6.07) is 15.2. The maximum atomic E-state index is 14.7. The third-order valence-corrected chi connectivity index (χ3v) is 6.74. The van der Waals surface area contributed by atoms with Crippen molar-refractivity contribution in [1.82, 2.24) is 0 Å². The van der Waals surface area contributed by atoms with E-state index in [4.69, 9.17) is 4.74 Å². The standard InChI is InChI=1S/C28H26F4O2/c1-17(19-5-3-2-4-6-19)13-18-7-9-20(10-8-18)21-14-25(31)27(26(32)15-21)28(33)34-22-11-12-23(29)24(30)16-22/h2-6,11-12,14-18,20H,7-10,13H2,1H3/t17-,18?,20?/m0/s1. The number of hydrogen-bond donors (Lipinski definition) is 0. The molecule has 4 rings (SSSR count). The molecule has 2 nitrogen and oxygen atoms in total. The van der Waals surface area contributed by atoms with Crippen molar-refractivity contribution in [2.45, 2.75) is 50.9 Å². The van der Waals surface area contributed by atoms with Crippen molar-refractivity contribution in [2.24, 2.45) is 5.92 Å². The monoisotopic (exact) mass is 470 g/mol. The number of esters is 1. The molecule has 0 radical (unpaired) electrons. The van der Waals surface area contributed by atoms with Crippen molar-refractivity contribution in [3.05, 3.63) is 101 Å². The molecule has 0 unspecified atom stereocenters. The van der Waals surface area contributed by atoms with Crippen LogP contribution in [0.2, 0.25) is 0 Å². The van der Waals surface area contributed by atoms with Crippen LogP contribution >= 0.6 is 0 Å². The molecule has 1 aliphatic carbocycles. The van der Waals surface area contributed by atoms with Crippen LogP contribution in [0.5, 0.6) is 5.75 Å². The maximum Gasteiger partial charge on any atom is 0.349 e. The number of hydrogen-bond acceptors (Lipinski definition) is 2. The second-order valence-corrected chi connectivity index (χ2v) is 9.09. The summed E-state index contributed by atoms with van der Waals surface area (Å²) in [7, 11) is 0. The Labute approximate surface area is 196 Å². The Kier molecular flexibility index (Phi) is 7.35. The molecule has 178 valence electrons. The van der Waals surface area contributed by atoms with Gasteiger partial charge in [-0.2, -0.15) is 0 Å². The third kappa shape index (κ3) is 5.49. The van der Waals surface area contributed by atoms with Gasteiger partial charge in [0.25, 0.3) is 0 Å². The summed E-state index contributed by atoms with van der Waals surface area (Å²) in [4.78, 5) is 12.3. The first-order valence-electron chi connectivity index (χ1n) is 11.5. The lowest BCUT2D eigenvalue weighted by Gasteiger charge is -2.30. The number of rotatable bonds is 6. The highest BCUT2D eigenvalue weighted by atomic mass is 19.2. The van der Waals surface area contributed by atoms with Gasteiger partial charge in [-0.1, -0.05) is 37.3 Å². The first-order valence-corrected chi connectivity index (χ1v) is 11.5. The minimum atomic E-state index is -1.30. The average Bonchev–Trinajstić information content (AvgIpc) is 2.82. The Morgan fingerprint density at radius 3 is 2.12 bits per heavy atom. The van der Waals surface area contributed by atoms with Crippen LogP contribution in [0.3, 0.4) is 0 Å². The minimum Gasteiger partial charge on any atom is -0.423 e. The van der Waals surface area contributed by atoms with Gasteiger partial charge in [-0.05, 0) is 85.3 Å². The van der Waals surface area contributed by atoms with E-state index in [-0.39, 0.29) is 11.7 Å². The highest BCUT2D eigenvalue weighted by Crippen LogP contribution is 2.40. The molecule has 3 aromatic carbocycles. The summed E-state index contributed by atoms with van der Waals surface area (Å²) in [6.07, 6.45) is 4.68. The van der Waals surface area contributed by atoms with Crippen molar-refractivity contribution in [3.63, 3.8) is 0 Å². The molecule has 0 N–H and O–H groups in total. The summed E-state index contributed by atoms with van der Waals surface area (Å²) in [5, 5.41) is 0. The smallest absolute Gasteiger partial charge is 0.349 e. The molecule has 6 heteroatoms. The van der Waals surface area contributed by atoms with E-state index in [1.54, 1.807) is 0 Å². The van der Waals surface area contributed by atoms with E-state index in [0.717, 1.165) is 44.2 Å². The molecule has 1 saturated carbocycles. The van der Waals surface area contributed by atoms with Crippen LogP contribution in [0.15, 0.2) is 60.7 Å². The Hall–Kier alpha value is -3.15. The lowest BCUT2D eigenvalue weighted by Crippen LogP contribution is -2.17. The van der Waals surface area contributed by atoms with E-state index in [9.17, 15) is 22.4 Å².